The predicted molar refractivity (Wildman–Crippen MR) is 90.2 cm³/mol. The summed E-state index contributed by atoms with van der Waals surface area (Å²) in [6.07, 6.45) is 1.36. The molecule has 5 heteroatoms. The number of para-hydroxylation sites is 1. The van der Waals surface area contributed by atoms with Gasteiger partial charge in [-0.1, -0.05) is 18.7 Å². The highest BCUT2D eigenvalue weighted by molar-refractivity contribution is 7.21. The lowest BCUT2D eigenvalue weighted by Gasteiger charge is -2.09. The van der Waals surface area contributed by atoms with Crippen molar-refractivity contribution in [3.8, 4) is 16.3 Å². The third-order valence-corrected chi connectivity index (χ3v) is 4.11. The number of ether oxygens (including phenoxy) is 1. The minimum absolute atomic E-state index is 0.128. The van der Waals surface area contributed by atoms with Crippen LogP contribution < -0.4 is 10.1 Å². The molecule has 0 aliphatic carbocycles. The molecule has 4 nitrogen and oxygen atoms in total. The smallest absolute Gasteiger partial charge is 0.221 e. The molecule has 0 radical (unpaired) electrons. The summed E-state index contributed by atoms with van der Waals surface area (Å²) in [4.78, 5) is 15.8. The van der Waals surface area contributed by atoms with Crippen molar-refractivity contribution in [2.75, 3.05) is 5.32 Å². The van der Waals surface area contributed by atoms with Gasteiger partial charge in [-0.15, -0.1) is 11.3 Å². The van der Waals surface area contributed by atoms with Gasteiger partial charge in [-0.05, 0) is 24.3 Å². The van der Waals surface area contributed by atoms with E-state index in [2.05, 4.69) is 16.9 Å². The summed E-state index contributed by atoms with van der Waals surface area (Å²) in [6, 6.07) is 13.5. The van der Waals surface area contributed by atoms with Crippen LogP contribution in [-0.2, 0) is 4.79 Å². The number of amides is 1. The molecule has 0 atom stereocenters. The van der Waals surface area contributed by atoms with Crippen molar-refractivity contribution in [3.63, 3.8) is 0 Å². The second kappa shape index (κ2) is 5.99. The molecule has 0 aliphatic rings. The van der Waals surface area contributed by atoms with E-state index in [-0.39, 0.29) is 5.91 Å². The zero-order valence-corrected chi connectivity index (χ0v) is 12.8. The number of carbonyl (C=O) groups excluding carboxylic acids is 1. The number of hydrogen-bond donors (Lipinski definition) is 1. The normalized spacial score (nSPS) is 10.4. The highest BCUT2D eigenvalue weighted by Gasteiger charge is 2.12. The first-order chi connectivity index (χ1) is 10.7. The second-order valence-electron chi connectivity index (χ2n) is 4.66. The van der Waals surface area contributed by atoms with Crippen LogP contribution in [0.15, 0.2) is 55.3 Å². The maximum atomic E-state index is 11.2. The van der Waals surface area contributed by atoms with Gasteiger partial charge in [0.2, 0.25) is 5.91 Å². The van der Waals surface area contributed by atoms with E-state index in [1.54, 1.807) is 17.4 Å². The Morgan fingerprint density at radius 3 is 2.86 bits per heavy atom. The van der Waals surface area contributed by atoms with Gasteiger partial charge in [0, 0.05) is 18.7 Å². The van der Waals surface area contributed by atoms with Gasteiger partial charge in [0.1, 0.15) is 10.8 Å². The quantitative estimate of drug-likeness (QED) is 0.725. The van der Waals surface area contributed by atoms with Crippen LogP contribution in [0.1, 0.15) is 6.92 Å². The fourth-order valence-electron chi connectivity index (χ4n) is 2.15. The Labute approximate surface area is 132 Å². The standard InChI is InChI=1S/C17H14N2O2S/c1-3-21-15-10-12(18-11(2)20)8-9-13(15)17-19-14-6-4-5-7-16(14)22-17/h3-10H,1H2,2H3,(H,18,20). The number of nitrogens with one attached hydrogen (secondary N) is 1. The molecule has 0 aliphatic heterocycles. The Balaban J connectivity index is 2.08. The first-order valence-corrected chi connectivity index (χ1v) is 7.54. The topological polar surface area (TPSA) is 51.2 Å². The number of fused-ring (bicyclic) bond motifs is 1. The van der Waals surface area contributed by atoms with Crippen LogP contribution >= 0.6 is 11.3 Å². The van der Waals surface area contributed by atoms with Crippen LogP contribution in [-0.4, -0.2) is 10.9 Å². The van der Waals surface area contributed by atoms with Gasteiger partial charge in [0.05, 0.1) is 22.0 Å². The lowest BCUT2D eigenvalue weighted by molar-refractivity contribution is -0.114. The van der Waals surface area contributed by atoms with E-state index in [1.165, 1.54) is 13.2 Å². The Bertz CT molecular complexity index is 822. The Morgan fingerprint density at radius 1 is 1.32 bits per heavy atom. The first kappa shape index (κ1) is 14.3. The number of rotatable bonds is 4. The highest BCUT2D eigenvalue weighted by Crippen LogP contribution is 2.37. The van der Waals surface area contributed by atoms with Gasteiger partial charge >= 0.3 is 0 Å². The summed E-state index contributed by atoms with van der Waals surface area (Å²) in [5.74, 6) is 0.484. The Hall–Kier alpha value is -2.66. The molecule has 1 heterocycles. The minimum atomic E-state index is -0.128. The molecule has 0 unspecified atom stereocenters. The number of hydrogen-bond acceptors (Lipinski definition) is 4. The number of benzene rings is 2. The van der Waals surface area contributed by atoms with Gasteiger partial charge in [0.15, 0.2) is 0 Å². The van der Waals surface area contributed by atoms with Crippen LogP contribution in [0, 0.1) is 0 Å². The molecule has 0 saturated carbocycles. The monoisotopic (exact) mass is 310 g/mol. The van der Waals surface area contributed by atoms with E-state index in [4.69, 9.17) is 4.74 Å². The Kier molecular flexibility index (Phi) is 3.89. The molecular weight excluding hydrogens is 296 g/mol. The van der Waals surface area contributed by atoms with Crippen LogP contribution in [0.4, 0.5) is 5.69 Å². The fraction of sp³-hybridized carbons (Fsp3) is 0.0588. The van der Waals surface area contributed by atoms with Crippen molar-refractivity contribution < 1.29 is 9.53 Å². The fourth-order valence-corrected chi connectivity index (χ4v) is 3.15. The SMILES string of the molecule is C=COc1cc(NC(C)=O)ccc1-c1nc2ccccc2s1. The van der Waals surface area contributed by atoms with E-state index in [1.807, 2.05) is 36.4 Å². The zero-order valence-electron chi connectivity index (χ0n) is 12.0. The number of thiazole rings is 1. The summed E-state index contributed by atoms with van der Waals surface area (Å²) in [5, 5.41) is 3.61. The van der Waals surface area contributed by atoms with Gasteiger partial charge in [-0.25, -0.2) is 4.98 Å². The second-order valence-corrected chi connectivity index (χ2v) is 5.69. The lowest BCUT2D eigenvalue weighted by atomic mass is 10.2. The molecule has 0 fully saturated rings. The summed E-state index contributed by atoms with van der Waals surface area (Å²) in [5.41, 5.74) is 2.50. The lowest BCUT2D eigenvalue weighted by Crippen LogP contribution is -2.05. The Morgan fingerprint density at radius 2 is 2.14 bits per heavy atom. The van der Waals surface area contributed by atoms with E-state index in [9.17, 15) is 4.79 Å². The number of anilines is 1. The van der Waals surface area contributed by atoms with E-state index in [0.717, 1.165) is 20.8 Å². The minimum Gasteiger partial charge on any atom is -0.465 e. The van der Waals surface area contributed by atoms with Crippen molar-refractivity contribution in [3.05, 3.63) is 55.3 Å². The third kappa shape index (κ3) is 2.84. The van der Waals surface area contributed by atoms with Crippen molar-refractivity contribution in [2.24, 2.45) is 0 Å². The van der Waals surface area contributed by atoms with E-state index >= 15 is 0 Å². The van der Waals surface area contributed by atoms with E-state index < -0.39 is 0 Å². The molecule has 22 heavy (non-hydrogen) atoms. The van der Waals surface area contributed by atoms with Crippen molar-refractivity contribution >= 4 is 33.1 Å². The van der Waals surface area contributed by atoms with Crippen LogP contribution in [0.25, 0.3) is 20.8 Å². The average Bonchev–Trinajstić information content (AvgIpc) is 2.91. The molecule has 1 N–H and O–H groups in total. The van der Waals surface area contributed by atoms with Crippen LogP contribution in [0.5, 0.6) is 5.75 Å². The maximum absolute atomic E-state index is 11.2. The third-order valence-electron chi connectivity index (χ3n) is 3.04. The summed E-state index contributed by atoms with van der Waals surface area (Å²) in [7, 11) is 0. The van der Waals surface area contributed by atoms with Gasteiger partial charge < -0.3 is 10.1 Å². The van der Waals surface area contributed by atoms with Gasteiger partial charge in [-0.2, -0.15) is 0 Å². The molecule has 1 amide bonds. The van der Waals surface area contributed by atoms with Gasteiger partial charge in [0.25, 0.3) is 0 Å². The number of aromatic nitrogens is 1. The summed E-state index contributed by atoms with van der Waals surface area (Å²) in [6.45, 7) is 5.07. The summed E-state index contributed by atoms with van der Waals surface area (Å²) < 4.78 is 6.61. The number of carbonyl (C=O) groups is 1. The number of nitrogens with zero attached hydrogens (tertiary/aromatic N) is 1. The molecule has 0 spiro atoms. The molecule has 110 valence electrons. The first-order valence-electron chi connectivity index (χ1n) is 6.72. The molecule has 3 aromatic rings. The predicted octanol–water partition coefficient (Wildman–Crippen LogP) is 4.44. The molecule has 3 rings (SSSR count). The largest absolute Gasteiger partial charge is 0.465 e. The van der Waals surface area contributed by atoms with Gasteiger partial charge in [-0.3, -0.25) is 4.79 Å². The van der Waals surface area contributed by atoms with E-state index in [0.29, 0.717) is 11.4 Å². The molecule has 0 bridgehead atoms. The summed E-state index contributed by atoms with van der Waals surface area (Å²) >= 11 is 1.60. The average molecular weight is 310 g/mol. The molecule has 1 aromatic heterocycles. The zero-order chi connectivity index (χ0) is 15.5. The van der Waals surface area contributed by atoms with Crippen LogP contribution in [0.3, 0.4) is 0 Å². The van der Waals surface area contributed by atoms with Crippen LogP contribution in [0.2, 0.25) is 0 Å². The van der Waals surface area contributed by atoms with Crippen molar-refractivity contribution in [2.45, 2.75) is 6.92 Å². The van der Waals surface area contributed by atoms with Crippen molar-refractivity contribution in [1.29, 1.82) is 0 Å². The molecule has 2 aromatic carbocycles. The maximum Gasteiger partial charge on any atom is 0.221 e. The van der Waals surface area contributed by atoms with Crippen molar-refractivity contribution in [1.82, 2.24) is 4.98 Å². The molecule has 0 saturated heterocycles. The highest BCUT2D eigenvalue weighted by atomic mass is 32.1. The molecular formula is C17H14N2O2S.